The highest BCUT2D eigenvalue weighted by atomic mass is 35.5. The van der Waals surface area contributed by atoms with Crippen LogP contribution >= 0.6 is 11.6 Å². The number of aromatic amines is 1. The molecule has 2 aliphatic rings. The topological polar surface area (TPSA) is 111 Å². The zero-order valence-electron chi connectivity index (χ0n) is 17.1. The lowest BCUT2D eigenvalue weighted by Gasteiger charge is -2.24. The molecule has 166 valence electrons. The molecule has 0 spiro atoms. The number of nitrogens with zero attached hydrogens (tertiary/aromatic N) is 4. The average molecular weight is 473 g/mol. The van der Waals surface area contributed by atoms with E-state index in [9.17, 15) is 13.2 Å². The third kappa shape index (κ3) is 3.90. The smallest absolute Gasteiger partial charge is 0.272 e. The Morgan fingerprint density at radius 3 is 2.66 bits per heavy atom. The number of aromatic nitrogens is 2. The Morgan fingerprint density at radius 2 is 1.84 bits per heavy atom. The number of amidine groups is 1. The summed E-state index contributed by atoms with van der Waals surface area (Å²) in [5.74, 6) is 1.28. The Labute approximate surface area is 189 Å². The fourth-order valence-corrected chi connectivity index (χ4v) is 5.68. The van der Waals surface area contributed by atoms with Crippen molar-refractivity contribution < 1.29 is 8.42 Å². The molecule has 9 nitrogen and oxygen atoms in total. The van der Waals surface area contributed by atoms with Crippen molar-refractivity contribution in [2.75, 3.05) is 38.0 Å². The van der Waals surface area contributed by atoms with Crippen LogP contribution in [0.15, 0.2) is 57.1 Å². The van der Waals surface area contributed by atoms with Gasteiger partial charge in [0.1, 0.15) is 5.84 Å². The number of hydrogen-bond acceptors (Lipinski definition) is 7. The van der Waals surface area contributed by atoms with Crippen LogP contribution in [0, 0.1) is 0 Å². The van der Waals surface area contributed by atoms with Crippen LogP contribution < -0.4 is 10.9 Å². The van der Waals surface area contributed by atoms with Gasteiger partial charge in [-0.2, -0.15) is 9.40 Å². The van der Waals surface area contributed by atoms with Gasteiger partial charge in [-0.05, 0) is 49.4 Å². The zero-order valence-corrected chi connectivity index (χ0v) is 18.7. The Kier molecular flexibility index (Phi) is 5.46. The first-order valence-electron chi connectivity index (χ1n) is 10.3. The highest BCUT2D eigenvalue weighted by Crippen LogP contribution is 2.32. The van der Waals surface area contributed by atoms with Crippen molar-refractivity contribution in [2.24, 2.45) is 4.99 Å². The number of H-pyrrole nitrogens is 1. The van der Waals surface area contributed by atoms with E-state index in [4.69, 9.17) is 11.6 Å². The van der Waals surface area contributed by atoms with Gasteiger partial charge in [-0.1, -0.05) is 17.7 Å². The van der Waals surface area contributed by atoms with Crippen LogP contribution in [-0.4, -0.2) is 66.4 Å². The SMILES string of the molecule is O=c1[nH]nc2c3c(cccc13)N=C(CN1CCCN(S(=O)(=O)c3ccc(Cl)cc3)CC1)N2. The molecule has 1 saturated heterocycles. The van der Waals surface area contributed by atoms with E-state index in [2.05, 4.69) is 25.4 Å². The van der Waals surface area contributed by atoms with Crippen LogP contribution in [-0.2, 0) is 10.0 Å². The lowest BCUT2D eigenvalue weighted by molar-refractivity contribution is 0.324. The molecule has 5 rings (SSSR count). The Hall–Kier alpha value is -2.79. The maximum atomic E-state index is 13.0. The summed E-state index contributed by atoms with van der Waals surface area (Å²) >= 11 is 5.90. The molecule has 0 bridgehead atoms. The summed E-state index contributed by atoms with van der Waals surface area (Å²) in [4.78, 5) is 19.1. The molecule has 0 amide bonds. The molecule has 0 atom stereocenters. The summed E-state index contributed by atoms with van der Waals surface area (Å²) in [6, 6.07) is 11.7. The van der Waals surface area contributed by atoms with Gasteiger partial charge >= 0.3 is 0 Å². The first-order valence-corrected chi connectivity index (χ1v) is 12.1. The van der Waals surface area contributed by atoms with E-state index >= 15 is 0 Å². The summed E-state index contributed by atoms with van der Waals surface area (Å²) in [6.45, 7) is 2.67. The van der Waals surface area contributed by atoms with Crippen molar-refractivity contribution in [3.63, 3.8) is 0 Å². The number of hydrogen-bond donors (Lipinski definition) is 2. The lowest BCUT2D eigenvalue weighted by atomic mass is 10.1. The molecule has 0 radical (unpaired) electrons. The monoisotopic (exact) mass is 472 g/mol. The summed E-state index contributed by atoms with van der Waals surface area (Å²) in [7, 11) is -3.57. The summed E-state index contributed by atoms with van der Waals surface area (Å²) < 4.78 is 27.5. The van der Waals surface area contributed by atoms with Crippen LogP contribution in [0.2, 0.25) is 5.02 Å². The van der Waals surface area contributed by atoms with E-state index in [0.29, 0.717) is 65.7 Å². The number of anilines is 1. The van der Waals surface area contributed by atoms with Crippen molar-refractivity contribution in [1.29, 1.82) is 0 Å². The molecule has 11 heteroatoms. The lowest BCUT2D eigenvalue weighted by Crippen LogP contribution is -2.38. The molecule has 2 aliphatic heterocycles. The predicted octanol–water partition coefficient (Wildman–Crippen LogP) is 2.43. The second-order valence-corrected chi connectivity index (χ2v) is 10.1. The number of aliphatic imine (C=N–C) groups is 1. The first kappa shape index (κ1) is 21.1. The fraction of sp³-hybridized carbons (Fsp3) is 0.286. The predicted molar refractivity (Wildman–Crippen MR) is 124 cm³/mol. The maximum absolute atomic E-state index is 13.0. The molecule has 0 saturated carbocycles. The normalized spacial score (nSPS) is 17.6. The zero-order chi connectivity index (χ0) is 22.3. The molecule has 2 aromatic carbocycles. The summed E-state index contributed by atoms with van der Waals surface area (Å²) in [5, 5.41) is 11.6. The number of nitrogens with one attached hydrogen (secondary N) is 2. The van der Waals surface area contributed by atoms with Crippen LogP contribution in [0.5, 0.6) is 0 Å². The van der Waals surface area contributed by atoms with Gasteiger partial charge in [-0.25, -0.2) is 18.5 Å². The molecule has 3 aromatic rings. The van der Waals surface area contributed by atoms with Gasteiger partial charge in [0.2, 0.25) is 10.0 Å². The standard InChI is InChI=1S/C21H21ClN6O3S/c22-14-5-7-15(8-6-14)32(30,31)28-10-2-9-27(11-12-28)13-18-23-17-4-1-3-16-19(17)20(24-18)25-26-21(16)29/h1,3-8H,2,9-13H2,(H,26,29)(H,23,24,25). The summed E-state index contributed by atoms with van der Waals surface area (Å²) in [6.07, 6.45) is 0.706. The van der Waals surface area contributed by atoms with E-state index < -0.39 is 10.0 Å². The van der Waals surface area contributed by atoms with Crippen molar-refractivity contribution in [2.45, 2.75) is 11.3 Å². The minimum absolute atomic E-state index is 0.249. The van der Waals surface area contributed by atoms with Gasteiger partial charge < -0.3 is 5.32 Å². The molecular weight excluding hydrogens is 452 g/mol. The Bertz CT molecular complexity index is 1370. The van der Waals surface area contributed by atoms with E-state index in [1.54, 1.807) is 24.3 Å². The molecule has 0 aliphatic carbocycles. The van der Waals surface area contributed by atoms with Crippen LogP contribution in [0.3, 0.4) is 0 Å². The largest absolute Gasteiger partial charge is 0.325 e. The van der Waals surface area contributed by atoms with Gasteiger partial charge in [0.15, 0.2) is 5.82 Å². The Balaban J connectivity index is 1.31. The first-order chi connectivity index (χ1) is 15.4. The number of sulfonamides is 1. The molecule has 1 aromatic heterocycles. The van der Waals surface area contributed by atoms with Crippen molar-refractivity contribution >= 4 is 49.7 Å². The van der Waals surface area contributed by atoms with E-state index in [1.165, 1.54) is 16.4 Å². The van der Waals surface area contributed by atoms with Gasteiger partial charge in [0, 0.05) is 24.7 Å². The van der Waals surface area contributed by atoms with Crippen molar-refractivity contribution in [3.8, 4) is 0 Å². The molecule has 0 unspecified atom stereocenters. The van der Waals surface area contributed by atoms with E-state index in [-0.39, 0.29) is 10.5 Å². The average Bonchev–Trinajstić information content (AvgIpc) is 3.02. The van der Waals surface area contributed by atoms with E-state index in [0.717, 1.165) is 6.54 Å². The van der Waals surface area contributed by atoms with Crippen LogP contribution in [0.25, 0.3) is 10.8 Å². The summed E-state index contributed by atoms with van der Waals surface area (Å²) in [5.41, 5.74) is 0.451. The molecular formula is C21H21ClN6O3S. The van der Waals surface area contributed by atoms with Crippen LogP contribution in [0.1, 0.15) is 6.42 Å². The molecule has 1 fully saturated rings. The third-order valence-corrected chi connectivity index (χ3v) is 7.85. The highest BCUT2D eigenvalue weighted by Gasteiger charge is 2.28. The third-order valence-electron chi connectivity index (χ3n) is 5.68. The quantitative estimate of drug-likeness (QED) is 0.603. The number of benzene rings is 2. The van der Waals surface area contributed by atoms with Crippen LogP contribution in [0.4, 0.5) is 11.5 Å². The minimum Gasteiger partial charge on any atom is -0.325 e. The van der Waals surface area contributed by atoms with Crippen molar-refractivity contribution in [1.82, 2.24) is 19.4 Å². The van der Waals surface area contributed by atoms with Crippen molar-refractivity contribution in [3.05, 3.63) is 57.8 Å². The second kappa shape index (κ2) is 8.28. The molecule has 3 heterocycles. The maximum Gasteiger partial charge on any atom is 0.272 e. The fourth-order valence-electron chi connectivity index (χ4n) is 4.08. The second-order valence-electron chi connectivity index (χ2n) is 7.77. The molecule has 32 heavy (non-hydrogen) atoms. The van der Waals surface area contributed by atoms with E-state index in [1.807, 2.05) is 6.07 Å². The highest BCUT2D eigenvalue weighted by molar-refractivity contribution is 7.89. The number of rotatable bonds is 4. The van der Waals surface area contributed by atoms with Gasteiger partial charge in [-0.15, -0.1) is 0 Å². The van der Waals surface area contributed by atoms with Gasteiger partial charge in [-0.3, -0.25) is 9.69 Å². The minimum atomic E-state index is -3.57. The Morgan fingerprint density at radius 1 is 1.03 bits per heavy atom. The number of halogens is 1. The van der Waals surface area contributed by atoms with Gasteiger partial charge in [0.05, 0.1) is 27.9 Å². The molecule has 2 N–H and O–H groups in total. The van der Waals surface area contributed by atoms with Gasteiger partial charge in [0.25, 0.3) is 5.56 Å².